The second-order valence-electron chi connectivity index (χ2n) is 7.78. The van der Waals surface area contributed by atoms with Gasteiger partial charge in [-0.1, -0.05) is 6.92 Å². The van der Waals surface area contributed by atoms with Crippen LogP contribution in [0.2, 0.25) is 0 Å². The van der Waals surface area contributed by atoms with E-state index in [1.165, 1.54) is 32.1 Å². The van der Waals surface area contributed by atoms with Crippen molar-refractivity contribution in [3.63, 3.8) is 0 Å². The largest absolute Gasteiger partial charge is 0.341 e. The Hall–Kier alpha value is -1.32. The van der Waals surface area contributed by atoms with E-state index >= 15 is 0 Å². The van der Waals surface area contributed by atoms with Gasteiger partial charge in [0.05, 0.1) is 6.04 Å². The van der Waals surface area contributed by atoms with Gasteiger partial charge in [-0.25, -0.2) is 4.98 Å². The standard InChI is InChI=1S/C19H29N3O/c1-2-18-20-9-11-22(18)16-4-3-10-21(13-16)19(23)12-17(14-5-6-14)15-7-8-15/h9,11,14-17H,2-8,10,12-13H2,1H3. The number of piperidine rings is 1. The molecule has 2 saturated carbocycles. The van der Waals surface area contributed by atoms with Gasteiger partial charge in [0, 0.05) is 38.3 Å². The molecule has 2 aliphatic carbocycles. The third kappa shape index (κ3) is 3.31. The summed E-state index contributed by atoms with van der Waals surface area (Å²) < 4.78 is 2.30. The summed E-state index contributed by atoms with van der Waals surface area (Å²) in [7, 11) is 0. The van der Waals surface area contributed by atoms with Gasteiger partial charge in [-0.15, -0.1) is 0 Å². The molecule has 0 N–H and O–H groups in total. The maximum absolute atomic E-state index is 12.8. The average molecular weight is 315 g/mol. The Kier molecular flexibility index (Phi) is 4.16. The first-order valence-corrected chi connectivity index (χ1v) is 9.55. The third-order valence-corrected chi connectivity index (χ3v) is 6.07. The van der Waals surface area contributed by atoms with Crippen molar-refractivity contribution in [1.29, 1.82) is 0 Å². The fraction of sp³-hybridized carbons (Fsp3) is 0.789. The summed E-state index contributed by atoms with van der Waals surface area (Å²) in [4.78, 5) is 19.4. The molecule has 1 aromatic rings. The number of imidazole rings is 1. The molecule has 2 heterocycles. The smallest absolute Gasteiger partial charge is 0.222 e. The molecule has 4 heteroatoms. The Bertz CT molecular complexity index is 547. The predicted molar refractivity (Wildman–Crippen MR) is 90.0 cm³/mol. The van der Waals surface area contributed by atoms with Gasteiger partial charge in [-0.05, 0) is 56.3 Å². The van der Waals surface area contributed by atoms with E-state index in [0.717, 1.165) is 50.0 Å². The van der Waals surface area contributed by atoms with Crippen molar-refractivity contribution < 1.29 is 4.79 Å². The second kappa shape index (κ2) is 6.29. The third-order valence-electron chi connectivity index (χ3n) is 6.07. The van der Waals surface area contributed by atoms with E-state index in [-0.39, 0.29) is 0 Å². The summed E-state index contributed by atoms with van der Waals surface area (Å²) >= 11 is 0. The SMILES string of the molecule is CCc1nccn1C1CCCN(C(=O)CC(C2CC2)C2CC2)C1. The lowest BCUT2D eigenvalue weighted by Gasteiger charge is -2.35. The molecule has 0 aromatic carbocycles. The zero-order chi connectivity index (χ0) is 15.8. The van der Waals surface area contributed by atoms with Crippen LogP contribution in [0.15, 0.2) is 12.4 Å². The normalized spacial score (nSPS) is 25.1. The topological polar surface area (TPSA) is 38.1 Å². The molecule has 1 aromatic heterocycles. The molecule has 1 atom stereocenters. The first kappa shape index (κ1) is 15.2. The molecule has 3 fully saturated rings. The van der Waals surface area contributed by atoms with Gasteiger partial charge < -0.3 is 9.47 Å². The minimum absolute atomic E-state index is 0.414. The van der Waals surface area contributed by atoms with E-state index in [0.29, 0.717) is 17.9 Å². The van der Waals surface area contributed by atoms with Crippen LogP contribution in [-0.2, 0) is 11.2 Å². The molecule has 1 amide bonds. The molecule has 1 saturated heterocycles. The summed E-state index contributed by atoms with van der Waals surface area (Å²) in [6.07, 6.45) is 13.5. The number of hydrogen-bond acceptors (Lipinski definition) is 2. The van der Waals surface area contributed by atoms with Crippen molar-refractivity contribution in [3.8, 4) is 0 Å². The van der Waals surface area contributed by atoms with E-state index in [1.54, 1.807) is 0 Å². The average Bonchev–Trinajstić information content (AvgIpc) is 3.51. The van der Waals surface area contributed by atoms with Crippen LogP contribution in [0.25, 0.3) is 0 Å². The fourth-order valence-corrected chi connectivity index (χ4v) is 4.46. The van der Waals surface area contributed by atoms with Gasteiger partial charge in [-0.2, -0.15) is 0 Å². The van der Waals surface area contributed by atoms with Crippen LogP contribution in [0.5, 0.6) is 0 Å². The summed E-state index contributed by atoms with van der Waals surface area (Å²) in [6, 6.07) is 0.422. The van der Waals surface area contributed by atoms with Gasteiger partial charge in [0.2, 0.25) is 5.91 Å². The molecule has 4 rings (SSSR count). The minimum Gasteiger partial charge on any atom is -0.341 e. The number of amides is 1. The van der Waals surface area contributed by atoms with E-state index in [9.17, 15) is 4.79 Å². The summed E-state index contributed by atoms with van der Waals surface area (Å²) in [5.41, 5.74) is 0. The highest BCUT2D eigenvalue weighted by molar-refractivity contribution is 5.76. The lowest BCUT2D eigenvalue weighted by molar-refractivity contribution is -0.134. The molecule has 3 aliphatic rings. The lowest BCUT2D eigenvalue weighted by atomic mass is 9.93. The number of rotatable bonds is 6. The van der Waals surface area contributed by atoms with Crippen LogP contribution in [0, 0.1) is 17.8 Å². The zero-order valence-corrected chi connectivity index (χ0v) is 14.3. The van der Waals surface area contributed by atoms with Crippen LogP contribution >= 0.6 is 0 Å². The second-order valence-corrected chi connectivity index (χ2v) is 7.78. The lowest BCUT2D eigenvalue weighted by Crippen LogP contribution is -2.41. The van der Waals surface area contributed by atoms with Crippen molar-refractivity contribution in [2.75, 3.05) is 13.1 Å². The predicted octanol–water partition coefficient (Wildman–Crippen LogP) is 3.44. The van der Waals surface area contributed by atoms with Crippen molar-refractivity contribution in [2.45, 2.75) is 64.3 Å². The Morgan fingerprint density at radius 2 is 2.00 bits per heavy atom. The Morgan fingerprint density at radius 1 is 1.26 bits per heavy atom. The number of hydrogen-bond donors (Lipinski definition) is 0. The van der Waals surface area contributed by atoms with E-state index in [4.69, 9.17) is 0 Å². The quantitative estimate of drug-likeness (QED) is 0.806. The van der Waals surface area contributed by atoms with Crippen LogP contribution in [0.4, 0.5) is 0 Å². The fourth-order valence-electron chi connectivity index (χ4n) is 4.46. The van der Waals surface area contributed by atoms with E-state index < -0.39 is 0 Å². The number of likely N-dealkylation sites (tertiary alicyclic amines) is 1. The number of aromatic nitrogens is 2. The molecule has 0 radical (unpaired) electrons. The monoisotopic (exact) mass is 315 g/mol. The van der Waals surface area contributed by atoms with Crippen molar-refractivity contribution in [3.05, 3.63) is 18.2 Å². The zero-order valence-electron chi connectivity index (χ0n) is 14.3. The summed E-state index contributed by atoms with van der Waals surface area (Å²) in [6.45, 7) is 3.98. The van der Waals surface area contributed by atoms with E-state index in [2.05, 4.69) is 27.6 Å². The van der Waals surface area contributed by atoms with Crippen LogP contribution in [0.1, 0.15) is 63.7 Å². The molecule has 23 heavy (non-hydrogen) atoms. The maximum atomic E-state index is 12.8. The van der Waals surface area contributed by atoms with Gasteiger partial charge in [0.1, 0.15) is 5.82 Å². The van der Waals surface area contributed by atoms with Crippen LogP contribution < -0.4 is 0 Å². The highest BCUT2D eigenvalue weighted by atomic mass is 16.2. The molecule has 1 aliphatic heterocycles. The van der Waals surface area contributed by atoms with Crippen LogP contribution in [-0.4, -0.2) is 33.4 Å². The molecule has 0 bridgehead atoms. The summed E-state index contributed by atoms with van der Waals surface area (Å²) in [5.74, 6) is 4.00. The van der Waals surface area contributed by atoms with Crippen LogP contribution in [0.3, 0.4) is 0 Å². The first-order chi connectivity index (χ1) is 11.3. The highest BCUT2D eigenvalue weighted by Crippen LogP contribution is 2.50. The van der Waals surface area contributed by atoms with Gasteiger partial charge >= 0.3 is 0 Å². The number of nitrogens with zero attached hydrogens (tertiary/aromatic N) is 3. The van der Waals surface area contributed by atoms with Gasteiger partial charge in [0.15, 0.2) is 0 Å². The number of aryl methyl sites for hydroxylation is 1. The molecular weight excluding hydrogens is 286 g/mol. The number of carbonyl (C=O) groups excluding carboxylic acids is 1. The molecule has 1 unspecified atom stereocenters. The van der Waals surface area contributed by atoms with Gasteiger partial charge in [-0.3, -0.25) is 4.79 Å². The summed E-state index contributed by atoms with van der Waals surface area (Å²) in [5, 5.41) is 0. The number of carbonyl (C=O) groups is 1. The first-order valence-electron chi connectivity index (χ1n) is 9.55. The Balaban J connectivity index is 1.39. The minimum atomic E-state index is 0.414. The molecule has 4 nitrogen and oxygen atoms in total. The van der Waals surface area contributed by atoms with Crippen molar-refractivity contribution >= 4 is 5.91 Å². The Labute approximate surface area is 139 Å². The van der Waals surface area contributed by atoms with Gasteiger partial charge in [0.25, 0.3) is 0 Å². The Morgan fingerprint density at radius 3 is 2.65 bits per heavy atom. The van der Waals surface area contributed by atoms with Crippen molar-refractivity contribution in [1.82, 2.24) is 14.5 Å². The molecule has 126 valence electrons. The highest BCUT2D eigenvalue weighted by Gasteiger charge is 2.43. The van der Waals surface area contributed by atoms with E-state index in [1.807, 2.05) is 6.20 Å². The maximum Gasteiger partial charge on any atom is 0.222 e. The molecule has 0 spiro atoms. The van der Waals surface area contributed by atoms with Crippen molar-refractivity contribution in [2.24, 2.45) is 17.8 Å². The molecular formula is C19H29N3O.